The number of hydrogen-bond acceptors (Lipinski definition) is 6. The molecule has 3 aromatic carbocycles. The standard InChI is InChI=1S/C26H23N3O5/c1-16(28(2)25(30)17-8-13-22-23(14-17)34-15-33-22)24-27-21-7-5-4-6-20(21)26(31)29(24)18-9-11-19(32-3)12-10-18/h4-14,16H,15H2,1-3H3. The van der Waals surface area contributed by atoms with Crippen molar-refractivity contribution in [3.8, 4) is 22.9 Å². The Morgan fingerprint density at radius 3 is 2.56 bits per heavy atom. The Morgan fingerprint density at radius 2 is 1.79 bits per heavy atom. The Balaban J connectivity index is 1.60. The van der Waals surface area contributed by atoms with Gasteiger partial charge in [-0.05, 0) is 61.5 Å². The summed E-state index contributed by atoms with van der Waals surface area (Å²) in [5.74, 6) is 2.04. The van der Waals surface area contributed by atoms with E-state index in [-0.39, 0.29) is 18.3 Å². The summed E-state index contributed by atoms with van der Waals surface area (Å²) in [5, 5.41) is 0.499. The Labute approximate surface area is 195 Å². The fourth-order valence-corrected chi connectivity index (χ4v) is 3.99. The lowest BCUT2D eigenvalue weighted by Gasteiger charge is -2.27. The van der Waals surface area contributed by atoms with Gasteiger partial charge in [0.2, 0.25) is 6.79 Å². The number of ether oxygens (including phenoxy) is 3. The molecule has 0 N–H and O–H groups in total. The molecule has 1 aromatic heterocycles. The van der Waals surface area contributed by atoms with Crippen molar-refractivity contribution in [3.63, 3.8) is 0 Å². The van der Waals surface area contributed by atoms with Crippen molar-refractivity contribution in [3.05, 3.63) is 88.5 Å². The number of benzene rings is 3. The van der Waals surface area contributed by atoms with Crippen LogP contribution in [-0.4, -0.2) is 41.3 Å². The van der Waals surface area contributed by atoms with Crippen molar-refractivity contribution >= 4 is 16.8 Å². The van der Waals surface area contributed by atoms with Crippen LogP contribution in [-0.2, 0) is 0 Å². The summed E-state index contributed by atoms with van der Waals surface area (Å²) in [6.45, 7) is 1.98. The minimum atomic E-state index is -0.516. The normalized spacial score (nSPS) is 13.0. The zero-order valence-electron chi connectivity index (χ0n) is 19.0. The zero-order valence-corrected chi connectivity index (χ0v) is 19.0. The monoisotopic (exact) mass is 457 g/mol. The van der Waals surface area contributed by atoms with Crippen LogP contribution in [0.25, 0.3) is 16.6 Å². The van der Waals surface area contributed by atoms with Crippen molar-refractivity contribution in [2.75, 3.05) is 21.0 Å². The molecule has 2 heterocycles. The fraction of sp³-hybridized carbons (Fsp3) is 0.192. The highest BCUT2D eigenvalue weighted by atomic mass is 16.7. The molecule has 172 valence electrons. The molecule has 1 unspecified atom stereocenters. The molecule has 8 nitrogen and oxygen atoms in total. The third kappa shape index (κ3) is 3.63. The SMILES string of the molecule is COc1ccc(-n2c(C(C)N(C)C(=O)c3ccc4c(c3)OCO4)nc3ccccc3c2=O)cc1. The number of carbonyl (C=O) groups excluding carboxylic acids is 1. The van der Waals surface area contributed by atoms with Gasteiger partial charge >= 0.3 is 0 Å². The molecule has 0 fully saturated rings. The largest absolute Gasteiger partial charge is 0.497 e. The second-order valence-corrected chi connectivity index (χ2v) is 7.99. The van der Waals surface area contributed by atoms with Crippen LogP contribution in [0.5, 0.6) is 17.2 Å². The highest BCUT2D eigenvalue weighted by molar-refractivity contribution is 5.95. The fourth-order valence-electron chi connectivity index (χ4n) is 3.99. The van der Waals surface area contributed by atoms with E-state index in [2.05, 4.69) is 0 Å². The molecular weight excluding hydrogens is 434 g/mol. The molecule has 5 rings (SSSR count). The third-order valence-corrected chi connectivity index (χ3v) is 6.03. The second kappa shape index (κ2) is 8.55. The van der Waals surface area contributed by atoms with Crippen LogP contribution >= 0.6 is 0 Å². The topological polar surface area (TPSA) is 82.9 Å². The summed E-state index contributed by atoms with van der Waals surface area (Å²) >= 11 is 0. The van der Waals surface area contributed by atoms with Crippen LogP contribution in [0.3, 0.4) is 0 Å². The van der Waals surface area contributed by atoms with Crippen molar-refractivity contribution in [1.29, 1.82) is 0 Å². The number of nitrogens with zero attached hydrogens (tertiary/aromatic N) is 3. The molecule has 0 spiro atoms. The van der Waals surface area contributed by atoms with Gasteiger partial charge in [0, 0.05) is 12.6 Å². The van der Waals surface area contributed by atoms with Gasteiger partial charge in [0.05, 0.1) is 29.7 Å². The Bertz CT molecular complexity index is 1450. The predicted octanol–water partition coefficient (Wildman–Crippen LogP) is 3.96. The van der Waals surface area contributed by atoms with Gasteiger partial charge in [-0.3, -0.25) is 14.2 Å². The highest BCUT2D eigenvalue weighted by Crippen LogP contribution is 2.33. The Hall–Kier alpha value is -4.33. The van der Waals surface area contributed by atoms with Crippen molar-refractivity contribution in [1.82, 2.24) is 14.5 Å². The smallest absolute Gasteiger partial charge is 0.266 e. The summed E-state index contributed by atoms with van der Waals surface area (Å²) in [7, 11) is 3.28. The van der Waals surface area contributed by atoms with Gasteiger partial charge in [0.15, 0.2) is 11.5 Å². The van der Waals surface area contributed by atoms with E-state index < -0.39 is 6.04 Å². The molecule has 1 amide bonds. The number of para-hydroxylation sites is 1. The maximum atomic E-state index is 13.6. The number of fused-ring (bicyclic) bond motifs is 2. The number of methoxy groups -OCH3 is 1. The number of carbonyl (C=O) groups is 1. The summed E-state index contributed by atoms with van der Waals surface area (Å²) < 4.78 is 17.6. The lowest BCUT2D eigenvalue weighted by atomic mass is 10.1. The average molecular weight is 457 g/mol. The first kappa shape index (κ1) is 21.5. The molecule has 34 heavy (non-hydrogen) atoms. The molecule has 4 aromatic rings. The summed E-state index contributed by atoms with van der Waals surface area (Å²) in [6.07, 6.45) is 0. The van der Waals surface area contributed by atoms with Crippen LogP contribution in [0.4, 0.5) is 0 Å². The highest BCUT2D eigenvalue weighted by Gasteiger charge is 2.26. The van der Waals surface area contributed by atoms with Gasteiger partial charge in [0.1, 0.15) is 11.6 Å². The van der Waals surface area contributed by atoms with E-state index in [4.69, 9.17) is 19.2 Å². The molecule has 0 saturated carbocycles. The molecule has 8 heteroatoms. The van der Waals surface area contributed by atoms with Crippen LogP contribution in [0.2, 0.25) is 0 Å². The molecule has 0 bridgehead atoms. The first-order valence-electron chi connectivity index (χ1n) is 10.8. The van der Waals surface area contributed by atoms with Crippen LogP contribution < -0.4 is 19.8 Å². The van der Waals surface area contributed by atoms with E-state index in [1.54, 1.807) is 78.2 Å². The second-order valence-electron chi connectivity index (χ2n) is 7.99. The van der Waals surface area contributed by atoms with E-state index in [0.717, 1.165) is 0 Å². The predicted molar refractivity (Wildman–Crippen MR) is 127 cm³/mol. The molecule has 0 radical (unpaired) electrons. The maximum Gasteiger partial charge on any atom is 0.266 e. The lowest BCUT2D eigenvalue weighted by Crippen LogP contribution is -2.34. The molecule has 1 aliphatic rings. The van der Waals surface area contributed by atoms with Gasteiger partial charge in [-0.15, -0.1) is 0 Å². The zero-order chi connectivity index (χ0) is 23.8. The van der Waals surface area contributed by atoms with E-state index in [0.29, 0.717) is 45.2 Å². The quantitative estimate of drug-likeness (QED) is 0.451. The Morgan fingerprint density at radius 1 is 1.06 bits per heavy atom. The Kier molecular flexibility index (Phi) is 5.41. The van der Waals surface area contributed by atoms with Crippen LogP contribution in [0, 0.1) is 0 Å². The number of aromatic nitrogens is 2. The van der Waals surface area contributed by atoms with Gasteiger partial charge < -0.3 is 19.1 Å². The van der Waals surface area contributed by atoms with Crippen molar-refractivity contribution < 1.29 is 19.0 Å². The van der Waals surface area contributed by atoms with Crippen molar-refractivity contribution in [2.24, 2.45) is 0 Å². The van der Waals surface area contributed by atoms with Gasteiger partial charge in [-0.1, -0.05) is 12.1 Å². The third-order valence-electron chi connectivity index (χ3n) is 6.03. The maximum absolute atomic E-state index is 13.6. The summed E-state index contributed by atoms with van der Waals surface area (Å²) in [4.78, 5) is 33.3. The van der Waals surface area contributed by atoms with Gasteiger partial charge in [0.25, 0.3) is 11.5 Å². The molecular formula is C26H23N3O5. The summed E-state index contributed by atoms with van der Waals surface area (Å²) in [5.41, 5.74) is 1.46. The van der Waals surface area contributed by atoms with Crippen LogP contribution in [0.15, 0.2) is 71.5 Å². The molecule has 0 saturated heterocycles. The molecule has 1 atom stereocenters. The molecule has 0 aliphatic carbocycles. The minimum absolute atomic E-state index is 0.133. The average Bonchev–Trinajstić information content (AvgIpc) is 3.35. The first-order chi connectivity index (χ1) is 16.5. The van der Waals surface area contributed by atoms with Crippen molar-refractivity contribution in [2.45, 2.75) is 13.0 Å². The van der Waals surface area contributed by atoms with Gasteiger partial charge in [-0.25, -0.2) is 4.98 Å². The number of hydrogen-bond donors (Lipinski definition) is 0. The number of amides is 1. The minimum Gasteiger partial charge on any atom is -0.497 e. The first-order valence-corrected chi connectivity index (χ1v) is 10.8. The summed E-state index contributed by atoms with van der Waals surface area (Å²) in [6, 6.07) is 18.9. The number of rotatable bonds is 5. The molecule has 1 aliphatic heterocycles. The van der Waals surface area contributed by atoms with Gasteiger partial charge in [-0.2, -0.15) is 0 Å². The van der Waals surface area contributed by atoms with E-state index >= 15 is 0 Å². The van der Waals surface area contributed by atoms with E-state index in [1.807, 2.05) is 19.1 Å². The van der Waals surface area contributed by atoms with E-state index in [1.165, 1.54) is 0 Å². The van der Waals surface area contributed by atoms with Crippen LogP contribution in [0.1, 0.15) is 29.1 Å². The van der Waals surface area contributed by atoms with E-state index in [9.17, 15) is 9.59 Å². The lowest BCUT2D eigenvalue weighted by molar-refractivity contribution is 0.0734.